The van der Waals surface area contributed by atoms with Gasteiger partial charge in [-0.3, -0.25) is 4.99 Å². The quantitative estimate of drug-likeness (QED) is 0.584. The van der Waals surface area contributed by atoms with E-state index < -0.39 is 11.6 Å². The van der Waals surface area contributed by atoms with Crippen molar-refractivity contribution in [2.75, 3.05) is 5.32 Å². The van der Waals surface area contributed by atoms with Crippen molar-refractivity contribution in [2.45, 2.75) is 19.9 Å². The molecule has 0 aliphatic rings. The lowest BCUT2D eigenvalue weighted by Crippen LogP contribution is -2.24. The molecule has 1 rings (SSSR count). The van der Waals surface area contributed by atoms with Crippen LogP contribution < -0.4 is 11.1 Å². The molecule has 0 radical (unpaired) electrons. The van der Waals surface area contributed by atoms with Crippen molar-refractivity contribution in [3.8, 4) is 0 Å². The molecule has 0 fully saturated rings. The molecule has 0 heterocycles. The number of guanidine groups is 1. The van der Waals surface area contributed by atoms with Crippen LogP contribution in [0.2, 0.25) is 0 Å². The molecular formula is C10H13F2N3. The summed E-state index contributed by atoms with van der Waals surface area (Å²) in [6.45, 7) is 3.72. The molecular weight excluding hydrogens is 200 g/mol. The maximum Gasteiger partial charge on any atom is 0.193 e. The average Bonchev–Trinajstić information content (AvgIpc) is 2.10. The molecule has 3 N–H and O–H groups in total. The minimum Gasteiger partial charge on any atom is -0.370 e. The van der Waals surface area contributed by atoms with Crippen molar-refractivity contribution < 1.29 is 8.78 Å². The van der Waals surface area contributed by atoms with Gasteiger partial charge in [-0.15, -0.1) is 0 Å². The van der Waals surface area contributed by atoms with E-state index in [-0.39, 0.29) is 12.0 Å². The highest BCUT2D eigenvalue weighted by atomic mass is 19.2. The Bertz CT molecular complexity index is 375. The number of hydrogen-bond acceptors (Lipinski definition) is 1. The Hall–Kier alpha value is -1.65. The Morgan fingerprint density at radius 1 is 1.33 bits per heavy atom. The van der Waals surface area contributed by atoms with Gasteiger partial charge >= 0.3 is 0 Å². The third-order valence-electron chi connectivity index (χ3n) is 1.59. The summed E-state index contributed by atoms with van der Waals surface area (Å²) in [4.78, 5) is 3.99. The van der Waals surface area contributed by atoms with E-state index in [9.17, 15) is 8.78 Å². The summed E-state index contributed by atoms with van der Waals surface area (Å²) < 4.78 is 25.4. The van der Waals surface area contributed by atoms with Gasteiger partial charge in [0.15, 0.2) is 17.6 Å². The van der Waals surface area contributed by atoms with Crippen LogP contribution in [0.5, 0.6) is 0 Å². The van der Waals surface area contributed by atoms with Gasteiger partial charge in [-0.05, 0) is 26.0 Å². The number of benzene rings is 1. The van der Waals surface area contributed by atoms with E-state index in [0.717, 1.165) is 12.1 Å². The lowest BCUT2D eigenvalue weighted by atomic mass is 10.3. The monoisotopic (exact) mass is 213 g/mol. The van der Waals surface area contributed by atoms with E-state index in [2.05, 4.69) is 10.3 Å². The van der Waals surface area contributed by atoms with Crippen molar-refractivity contribution in [2.24, 2.45) is 10.7 Å². The standard InChI is InChI=1S/C10H13F2N3/c1-6(2)14-10(13)15-7-3-4-8(11)9(12)5-7/h3-6H,1-2H3,(H3,13,14,15). The van der Waals surface area contributed by atoms with Crippen molar-refractivity contribution >= 4 is 11.6 Å². The van der Waals surface area contributed by atoms with Gasteiger partial charge in [0.1, 0.15) is 0 Å². The number of anilines is 1. The van der Waals surface area contributed by atoms with Gasteiger partial charge < -0.3 is 11.1 Å². The molecule has 1 aromatic carbocycles. The summed E-state index contributed by atoms with van der Waals surface area (Å²) in [6.07, 6.45) is 0. The van der Waals surface area contributed by atoms with Crippen LogP contribution in [0, 0.1) is 11.6 Å². The largest absolute Gasteiger partial charge is 0.370 e. The zero-order chi connectivity index (χ0) is 11.4. The Labute approximate surface area is 87.0 Å². The summed E-state index contributed by atoms with van der Waals surface area (Å²) >= 11 is 0. The van der Waals surface area contributed by atoms with E-state index in [1.807, 2.05) is 13.8 Å². The van der Waals surface area contributed by atoms with Crippen LogP contribution in [-0.4, -0.2) is 12.0 Å². The lowest BCUT2D eigenvalue weighted by Gasteiger charge is -2.06. The Morgan fingerprint density at radius 2 is 2.00 bits per heavy atom. The van der Waals surface area contributed by atoms with E-state index in [4.69, 9.17) is 5.73 Å². The van der Waals surface area contributed by atoms with Crippen molar-refractivity contribution in [1.82, 2.24) is 0 Å². The molecule has 0 unspecified atom stereocenters. The van der Waals surface area contributed by atoms with Gasteiger partial charge in [-0.25, -0.2) is 8.78 Å². The first-order chi connectivity index (χ1) is 6.99. The second kappa shape index (κ2) is 4.72. The molecule has 0 saturated carbocycles. The average molecular weight is 213 g/mol. The summed E-state index contributed by atoms with van der Waals surface area (Å²) in [6, 6.07) is 3.49. The van der Waals surface area contributed by atoms with Crippen LogP contribution in [0.1, 0.15) is 13.8 Å². The number of nitrogens with zero attached hydrogens (tertiary/aromatic N) is 1. The highest BCUT2D eigenvalue weighted by Gasteiger charge is 2.03. The molecule has 0 aliphatic heterocycles. The third-order valence-corrected chi connectivity index (χ3v) is 1.59. The van der Waals surface area contributed by atoms with Crippen LogP contribution >= 0.6 is 0 Å². The SMILES string of the molecule is CC(C)N=C(N)Nc1ccc(F)c(F)c1. The number of nitrogens with two attached hydrogens (primary N) is 1. The van der Waals surface area contributed by atoms with Gasteiger partial charge in [0.05, 0.1) is 0 Å². The van der Waals surface area contributed by atoms with Crippen LogP contribution in [-0.2, 0) is 0 Å². The van der Waals surface area contributed by atoms with Gasteiger partial charge in [-0.2, -0.15) is 0 Å². The smallest absolute Gasteiger partial charge is 0.193 e. The highest BCUT2D eigenvalue weighted by Crippen LogP contribution is 2.12. The van der Waals surface area contributed by atoms with Gasteiger partial charge in [-0.1, -0.05) is 0 Å². The van der Waals surface area contributed by atoms with Gasteiger partial charge in [0.2, 0.25) is 0 Å². The van der Waals surface area contributed by atoms with E-state index in [1.54, 1.807) is 0 Å². The fraction of sp³-hybridized carbons (Fsp3) is 0.300. The van der Waals surface area contributed by atoms with E-state index in [1.165, 1.54) is 6.07 Å². The van der Waals surface area contributed by atoms with Crippen molar-refractivity contribution in [1.29, 1.82) is 0 Å². The van der Waals surface area contributed by atoms with E-state index >= 15 is 0 Å². The minimum absolute atomic E-state index is 0.0443. The summed E-state index contributed by atoms with van der Waals surface area (Å²) in [5, 5.41) is 2.66. The van der Waals surface area contributed by atoms with Gasteiger partial charge in [0.25, 0.3) is 0 Å². The van der Waals surface area contributed by atoms with Crippen LogP contribution in [0.3, 0.4) is 0 Å². The van der Waals surface area contributed by atoms with Crippen molar-refractivity contribution in [3.05, 3.63) is 29.8 Å². The zero-order valence-corrected chi connectivity index (χ0v) is 8.59. The maximum atomic E-state index is 12.8. The summed E-state index contributed by atoms with van der Waals surface area (Å²) in [5.41, 5.74) is 5.89. The first-order valence-corrected chi connectivity index (χ1v) is 4.54. The molecule has 0 amide bonds. The fourth-order valence-corrected chi connectivity index (χ4v) is 1.03. The minimum atomic E-state index is -0.919. The molecule has 5 heteroatoms. The maximum absolute atomic E-state index is 12.8. The molecule has 15 heavy (non-hydrogen) atoms. The predicted octanol–water partition coefficient (Wildman–Crippen LogP) is 2.10. The second-order valence-corrected chi connectivity index (χ2v) is 3.36. The van der Waals surface area contributed by atoms with Crippen LogP contribution in [0.25, 0.3) is 0 Å². The van der Waals surface area contributed by atoms with E-state index in [0.29, 0.717) is 5.69 Å². The lowest BCUT2D eigenvalue weighted by molar-refractivity contribution is 0.509. The molecule has 0 aliphatic carbocycles. The van der Waals surface area contributed by atoms with Crippen LogP contribution in [0.4, 0.5) is 14.5 Å². The Kier molecular flexibility index (Phi) is 3.60. The predicted molar refractivity (Wildman–Crippen MR) is 56.7 cm³/mol. The molecule has 1 aromatic rings. The topological polar surface area (TPSA) is 50.4 Å². The molecule has 82 valence electrons. The number of rotatable bonds is 2. The first kappa shape index (κ1) is 11.4. The van der Waals surface area contributed by atoms with Crippen LogP contribution in [0.15, 0.2) is 23.2 Å². The number of halogens is 2. The molecule has 0 spiro atoms. The number of nitrogens with one attached hydrogen (secondary N) is 1. The fourth-order valence-electron chi connectivity index (χ4n) is 1.03. The second-order valence-electron chi connectivity index (χ2n) is 3.36. The number of hydrogen-bond donors (Lipinski definition) is 2. The third kappa shape index (κ3) is 3.53. The normalized spacial score (nSPS) is 11.9. The summed E-state index contributed by atoms with van der Waals surface area (Å²) in [5.74, 6) is -1.63. The number of aliphatic imine (C=N–C) groups is 1. The molecule has 3 nitrogen and oxygen atoms in total. The molecule has 0 atom stereocenters. The summed E-state index contributed by atoms with van der Waals surface area (Å²) in [7, 11) is 0. The molecule has 0 bridgehead atoms. The molecule has 0 saturated heterocycles. The Balaban J connectivity index is 2.77. The van der Waals surface area contributed by atoms with Crippen molar-refractivity contribution in [3.63, 3.8) is 0 Å². The zero-order valence-electron chi connectivity index (χ0n) is 8.59. The first-order valence-electron chi connectivity index (χ1n) is 4.54. The molecule has 0 aromatic heterocycles. The Morgan fingerprint density at radius 3 is 2.53 bits per heavy atom. The highest BCUT2D eigenvalue weighted by molar-refractivity contribution is 5.92. The van der Waals surface area contributed by atoms with Gasteiger partial charge in [0, 0.05) is 17.8 Å².